The van der Waals surface area contributed by atoms with Gasteiger partial charge in [-0.2, -0.15) is 0 Å². The second-order valence-corrected chi connectivity index (χ2v) is 3.73. The molecule has 0 bridgehead atoms. The smallest absolute Gasteiger partial charge is 0.255 e. The Morgan fingerprint density at radius 1 is 1.24 bits per heavy atom. The Kier molecular flexibility index (Phi) is 3.40. The number of hydrogen-bond donors (Lipinski definition) is 2. The van der Waals surface area contributed by atoms with Gasteiger partial charge in [-0.05, 0) is 24.6 Å². The van der Waals surface area contributed by atoms with Crippen LogP contribution in [0.1, 0.15) is 6.42 Å². The maximum atomic E-state index is 12.0. The van der Waals surface area contributed by atoms with Crippen LogP contribution < -0.4 is 11.1 Å². The van der Waals surface area contributed by atoms with Crippen molar-refractivity contribution in [3.8, 4) is 0 Å². The number of anilines is 2. The largest absolute Gasteiger partial charge is 0.397 e. The number of para-hydroxylation sites is 2. The van der Waals surface area contributed by atoms with Gasteiger partial charge in [-0.25, -0.2) is 0 Å². The Hall–Kier alpha value is -2.29. The number of nitrogen functional groups attached to an aromatic ring is 1. The Balaban J connectivity index is 2.15. The van der Waals surface area contributed by atoms with Crippen LogP contribution in [0.25, 0.3) is 0 Å². The van der Waals surface area contributed by atoms with Gasteiger partial charge in [-0.3, -0.25) is 4.79 Å². The maximum absolute atomic E-state index is 12.0. The molecule has 0 spiro atoms. The third-order valence-corrected chi connectivity index (χ3v) is 2.45. The number of allylic oxidation sites excluding steroid dienone is 4. The van der Waals surface area contributed by atoms with E-state index in [4.69, 9.17) is 5.73 Å². The van der Waals surface area contributed by atoms with Crippen LogP contribution in [0.4, 0.5) is 11.4 Å². The third kappa shape index (κ3) is 2.84. The zero-order chi connectivity index (χ0) is 12.1. The fourth-order valence-corrected chi connectivity index (χ4v) is 1.54. The second-order valence-electron chi connectivity index (χ2n) is 3.73. The topological polar surface area (TPSA) is 55.1 Å². The molecule has 17 heavy (non-hydrogen) atoms. The lowest BCUT2D eigenvalue weighted by molar-refractivity contribution is -0.112. The Bertz CT molecular complexity index is 513. The molecule has 0 aliphatic heterocycles. The van der Waals surface area contributed by atoms with E-state index in [9.17, 15) is 4.79 Å². The van der Waals surface area contributed by atoms with E-state index in [0.29, 0.717) is 16.9 Å². The van der Waals surface area contributed by atoms with Gasteiger partial charge in [-0.1, -0.05) is 36.4 Å². The highest BCUT2D eigenvalue weighted by molar-refractivity contribution is 6.07. The Morgan fingerprint density at radius 2 is 2.06 bits per heavy atom. The molecule has 0 aromatic heterocycles. The summed E-state index contributed by atoms with van der Waals surface area (Å²) in [6, 6.07) is 7.21. The van der Waals surface area contributed by atoms with Crippen LogP contribution in [0.2, 0.25) is 0 Å². The van der Waals surface area contributed by atoms with Crippen molar-refractivity contribution in [3.05, 3.63) is 60.2 Å². The first-order valence-electron chi connectivity index (χ1n) is 5.46. The van der Waals surface area contributed by atoms with E-state index in [1.807, 2.05) is 36.4 Å². The van der Waals surface area contributed by atoms with E-state index in [2.05, 4.69) is 5.32 Å². The van der Waals surface area contributed by atoms with Crippen molar-refractivity contribution in [2.24, 2.45) is 0 Å². The van der Waals surface area contributed by atoms with Crippen molar-refractivity contribution in [2.75, 3.05) is 11.1 Å². The summed E-state index contributed by atoms with van der Waals surface area (Å²) < 4.78 is 0. The standard InChI is InChI=1S/C14H14N2O/c15-12-9-5-6-10-13(12)16-14(17)11-7-3-1-2-4-8-11/h1,3-10H,2,15H2,(H,16,17). The number of amides is 1. The molecule has 86 valence electrons. The molecule has 0 fully saturated rings. The number of rotatable bonds is 2. The van der Waals surface area contributed by atoms with Gasteiger partial charge in [0.05, 0.1) is 11.4 Å². The molecule has 0 radical (unpaired) electrons. The highest BCUT2D eigenvalue weighted by Crippen LogP contribution is 2.18. The van der Waals surface area contributed by atoms with E-state index in [0.717, 1.165) is 6.42 Å². The third-order valence-electron chi connectivity index (χ3n) is 2.45. The number of hydrogen-bond acceptors (Lipinski definition) is 2. The molecular formula is C14H14N2O. The molecule has 1 aromatic rings. The normalized spacial score (nSPS) is 14.0. The van der Waals surface area contributed by atoms with E-state index in [1.165, 1.54) is 0 Å². The van der Waals surface area contributed by atoms with Crippen LogP contribution in [-0.2, 0) is 4.79 Å². The van der Waals surface area contributed by atoms with Gasteiger partial charge in [0.25, 0.3) is 5.91 Å². The highest BCUT2D eigenvalue weighted by Gasteiger charge is 2.08. The van der Waals surface area contributed by atoms with Crippen molar-refractivity contribution in [2.45, 2.75) is 6.42 Å². The van der Waals surface area contributed by atoms with Crippen LogP contribution >= 0.6 is 0 Å². The van der Waals surface area contributed by atoms with Crippen LogP contribution in [0.15, 0.2) is 60.2 Å². The number of carbonyl (C=O) groups excluding carboxylic acids is 1. The van der Waals surface area contributed by atoms with E-state index < -0.39 is 0 Å². The summed E-state index contributed by atoms with van der Waals surface area (Å²) in [5.74, 6) is -0.147. The summed E-state index contributed by atoms with van der Waals surface area (Å²) in [4.78, 5) is 12.0. The van der Waals surface area contributed by atoms with Gasteiger partial charge in [0.2, 0.25) is 0 Å². The average Bonchev–Trinajstić information content (AvgIpc) is 2.61. The second kappa shape index (κ2) is 5.16. The summed E-state index contributed by atoms with van der Waals surface area (Å²) in [7, 11) is 0. The van der Waals surface area contributed by atoms with Crippen molar-refractivity contribution in [1.29, 1.82) is 0 Å². The predicted molar refractivity (Wildman–Crippen MR) is 70.5 cm³/mol. The fraction of sp³-hybridized carbons (Fsp3) is 0.0714. The lowest BCUT2D eigenvalue weighted by Crippen LogP contribution is -2.14. The van der Waals surface area contributed by atoms with Crippen LogP contribution in [-0.4, -0.2) is 5.91 Å². The number of nitrogens with one attached hydrogen (secondary N) is 1. The van der Waals surface area contributed by atoms with E-state index in [1.54, 1.807) is 18.2 Å². The predicted octanol–water partition coefficient (Wildman–Crippen LogP) is 2.65. The van der Waals surface area contributed by atoms with Gasteiger partial charge in [-0.15, -0.1) is 0 Å². The number of carbonyl (C=O) groups is 1. The summed E-state index contributed by atoms with van der Waals surface area (Å²) in [6.45, 7) is 0. The SMILES string of the molecule is Nc1ccccc1NC(=O)C1=CC=CCC=C1. The molecule has 1 aromatic carbocycles. The van der Waals surface area contributed by atoms with Crippen molar-refractivity contribution >= 4 is 17.3 Å². The molecular weight excluding hydrogens is 212 g/mol. The molecule has 3 heteroatoms. The minimum Gasteiger partial charge on any atom is -0.397 e. The minimum absolute atomic E-state index is 0.147. The zero-order valence-corrected chi connectivity index (χ0v) is 9.39. The minimum atomic E-state index is -0.147. The van der Waals surface area contributed by atoms with Crippen molar-refractivity contribution < 1.29 is 4.79 Å². The molecule has 1 amide bonds. The van der Waals surface area contributed by atoms with E-state index in [-0.39, 0.29) is 5.91 Å². The molecule has 1 aliphatic rings. The Labute approximate surface area is 100 Å². The Morgan fingerprint density at radius 3 is 2.88 bits per heavy atom. The monoisotopic (exact) mass is 226 g/mol. The molecule has 2 rings (SSSR count). The first-order chi connectivity index (χ1) is 8.27. The summed E-state index contributed by atoms with van der Waals surface area (Å²) in [5.41, 5.74) is 7.59. The zero-order valence-electron chi connectivity index (χ0n) is 9.39. The molecule has 0 unspecified atom stereocenters. The average molecular weight is 226 g/mol. The van der Waals surface area contributed by atoms with Gasteiger partial charge >= 0.3 is 0 Å². The van der Waals surface area contributed by atoms with Crippen molar-refractivity contribution in [3.63, 3.8) is 0 Å². The molecule has 0 atom stereocenters. The molecule has 3 nitrogen and oxygen atoms in total. The highest BCUT2D eigenvalue weighted by atomic mass is 16.1. The quantitative estimate of drug-likeness (QED) is 0.762. The van der Waals surface area contributed by atoms with Gasteiger partial charge < -0.3 is 11.1 Å². The van der Waals surface area contributed by atoms with Gasteiger partial charge in [0.15, 0.2) is 0 Å². The number of benzene rings is 1. The van der Waals surface area contributed by atoms with E-state index >= 15 is 0 Å². The number of nitrogens with two attached hydrogens (primary N) is 1. The molecule has 0 saturated heterocycles. The molecule has 0 heterocycles. The maximum Gasteiger partial charge on any atom is 0.255 e. The van der Waals surface area contributed by atoms with Gasteiger partial charge in [0.1, 0.15) is 0 Å². The molecule has 1 aliphatic carbocycles. The molecule has 0 saturated carbocycles. The lowest BCUT2D eigenvalue weighted by atomic mass is 10.2. The van der Waals surface area contributed by atoms with Crippen molar-refractivity contribution in [1.82, 2.24) is 0 Å². The van der Waals surface area contributed by atoms with Crippen LogP contribution in [0, 0.1) is 0 Å². The van der Waals surface area contributed by atoms with Gasteiger partial charge in [0, 0.05) is 5.57 Å². The first kappa shape index (κ1) is 11.2. The molecule has 3 N–H and O–H groups in total. The lowest BCUT2D eigenvalue weighted by Gasteiger charge is -2.07. The summed E-state index contributed by atoms with van der Waals surface area (Å²) in [6.07, 6.45) is 10.3. The summed E-state index contributed by atoms with van der Waals surface area (Å²) in [5, 5.41) is 2.79. The van der Waals surface area contributed by atoms with Crippen LogP contribution in [0.3, 0.4) is 0 Å². The van der Waals surface area contributed by atoms with Crippen LogP contribution in [0.5, 0.6) is 0 Å². The summed E-state index contributed by atoms with van der Waals surface area (Å²) >= 11 is 0. The first-order valence-corrected chi connectivity index (χ1v) is 5.46. The fourth-order valence-electron chi connectivity index (χ4n) is 1.54.